The Kier molecular flexibility index (Phi) is 5.50. The first-order chi connectivity index (χ1) is 12.7. The summed E-state index contributed by atoms with van der Waals surface area (Å²) in [6, 6.07) is 0.526. The zero-order valence-electron chi connectivity index (χ0n) is 15.9. The van der Waals surface area contributed by atoms with E-state index in [0.717, 1.165) is 49.9 Å². The van der Waals surface area contributed by atoms with Gasteiger partial charge in [0, 0.05) is 56.4 Å². The standard InChI is InChI=1S/C20H29N5S/c1-15-11-21-20(22-12-15)24(2)18-7-9-25(10-8-18)13-17-14-26-19(23-17)16-5-3-4-6-16/h11-12,14,16,18H,3-10,13H2,1-2H3. The zero-order chi connectivity index (χ0) is 17.9. The molecule has 4 rings (SSSR count). The van der Waals surface area contributed by atoms with Gasteiger partial charge in [0.2, 0.25) is 5.95 Å². The highest BCUT2D eigenvalue weighted by atomic mass is 32.1. The molecular formula is C20H29N5S. The number of nitrogens with zero attached hydrogens (tertiary/aromatic N) is 5. The minimum absolute atomic E-state index is 0.526. The number of likely N-dealkylation sites (tertiary alicyclic amines) is 1. The molecule has 6 heteroatoms. The third-order valence-corrected chi connectivity index (χ3v) is 6.90. The summed E-state index contributed by atoms with van der Waals surface area (Å²) in [7, 11) is 2.12. The van der Waals surface area contributed by atoms with Crippen LogP contribution >= 0.6 is 11.3 Å². The van der Waals surface area contributed by atoms with Crippen LogP contribution in [0.3, 0.4) is 0 Å². The summed E-state index contributed by atoms with van der Waals surface area (Å²) in [6.07, 6.45) is 11.6. The van der Waals surface area contributed by atoms with E-state index < -0.39 is 0 Å². The maximum atomic E-state index is 4.94. The lowest BCUT2D eigenvalue weighted by molar-refractivity contribution is 0.201. The van der Waals surface area contributed by atoms with Gasteiger partial charge in [-0.05, 0) is 38.2 Å². The van der Waals surface area contributed by atoms with Crippen molar-refractivity contribution in [3.05, 3.63) is 34.0 Å². The molecule has 2 aromatic heterocycles. The second kappa shape index (κ2) is 8.01. The van der Waals surface area contributed by atoms with Crippen molar-refractivity contribution in [3.63, 3.8) is 0 Å². The number of aromatic nitrogens is 3. The molecule has 2 aromatic rings. The van der Waals surface area contributed by atoms with Crippen LogP contribution in [-0.2, 0) is 6.54 Å². The number of hydrogen-bond acceptors (Lipinski definition) is 6. The molecule has 0 N–H and O–H groups in total. The fraction of sp³-hybridized carbons (Fsp3) is 0.650. The van der Waals surface area contributed by atoms with Crippen molar-refractivity contribution in [2.45, 2.75) is 64.0 Å². The Morgan fingerprint density at radius 2 is 1.81 bits per heavy atom. The van der Waals surface area contributed by atoms with Crippen molar-refractivity contribution < 1.29 is 0 Å². The number of hydrogen-bond donors (Lipinski definition) is 0. The molecule has 1 aliphatic carbocycles. The monoisotopic (exact) mass is 371 g/mol. The molecule has 0 radical (unpaired) electrons. The van der Waals surface area contributed by atoms with Crippen LogP contribution in [0, 0.1) is 6.92 Å². The average molecular weight is 372 g/mol. The van der Waals surface area contributed by atoms with Crippen LogP contribution in [0.25, 0.3) is 0 Å². The van der Waals surface area contributed by atoms with Gasteiger partial charge in [-0.1, -0.05) is 12.8 Å². The van der Waals surface area contributed by atoms with Crippen LogP contribution in [0.2, 0.25) is 0 Å². The van der Waals surface area contributed by atoms with Gasteiger partial charge in [0.15, 0.2) is 0 Å². The van der Waals surface area contributed by atoms with Gasteiger partial charge in [0.25, 0.3) is 0 Å². The van der Waals surface area contributed by atoms with Crippen molar-refractivity contribution in [3.8, 4) is 0 Å². The molecule has 0 atom stereocenters. The minimum Gasteiger partial charge on any atom is -0.341 e. The summed E-state index contributed by atoms with van der Waals surface area (Å²) in [4.78, 5) is 18.7. The number of piperidine rings is 1. The van der Waals surface area contributed by atoms with Gasteiger partial charge in [0.05, 0.1) is 10.7 Å². The lowest BCUT2D eigenvalue weighted by atomic mass is 10.0. The van der Waals surface area contributed by atoms with Crippen molar-refractivity contribution >= 4 is 17.3 Å². The van der Waals surface area contributed by atoms with Crippen molar-refractivity contribution in [2.24, 2.45) is 0 Å². The highest BCUT2D eigenvalue weighted by Crippen LogP contribution is 2.35. The summed E-state index contributed by atoms with van der Waals surface area (Å²) >= 11 is 1.88. The Morgan fingerprint density at radius 3 is 2.50 bits per heavy atom. The molecule has 26 heavy (non-hydrogen) atoms. The first-order valence-electron chi connectivity index (χ1n) is 9.87. The number of thiazole rings is 1. The first-order valence-corrected chi connectivity index (χ1v) is 10.7. The normalized spacial score (nSPS) is 19.9. The first kappa shape index (κ1) is 17.9. The van der Waals surface area contributed by atoms with Crippen molar-refractivity contribution in [2.75, 3.05) is 25.0 Å². The molecule has 140 valence electrons. The van der Waals surface area contributed by atoms with E-state index in [-0.39, 0.29) is 0 Å². The van der Waals surface area contributed by atoms with Gasteiger partial charge in [-0.2, -0.15) is 0 Å². The molecular weight excluding hydrogens is 342 g/mol. The SMILES string of the molecule is Cc1cnc(N(C)C2CCN(Cc3csc(C4CCCC4)n3)CC2)nc1. The van der Waals surface area contributed by atoms with Gasteiger partial charge in [-0.15, -0.1) is 11.3 Å². The third-order valence-electron chi connectivity index (χ3n) is 5.85. The molecule has 0 aromatic carbocycles. The van der Waals surface area contributed by atoms with Crippen LogP contribution in [-0.4, -0.2) is 46.0 Å². The van der Waals surface area contributed by atoms with E-state index in [1.165, 1.54) is 36.4 Å². The van der Waals surface area contributed by atoms with Crippen molar-refractivity contribution in [1.82, 2.24) is 19.9 Å². The lowest BCUT2D eigenvalue weighted by Gasteiger charge is -2.36. The molecule has 2 fully saturated rings. The van der Waals surface area contributed by atoms with Gasteiger partial charge < -0.3 is 4.90 Å². The Bertz CT molecular complexity index is 699. The van der Waals surface area contributed by atoms with Crippen LogP contribution in [0.1, 0.15) is 60.7 Å². The van der Waals surface area contributed by atoms with Crippen LogP contribution in [0.5, 0.6) is 0 Å². The average Bonchev–Trinajstić information content (AvgIpc) is 3.34. The van der Waals surface area contributed by atoms with Crippen LogP contribution in [0.15, 0.2) is 17.8 Å². The largest absolute Gasteiger partial charge is 0.341 e. The second-order valence-electron chi connectivity index (χ2n) is 7.84. The summed E-state index contributed by atoms with van der Waals surface area (Å²) in [6.45, 7) is 5.27. The molecule has 0 amide bonds. The Morgan fingerprint density at radius 1 is 1.12 bits per heavy atom. The Hall–Kier alpha value is -1.53. The quantitative estimate of drug-likeness (QED) is 0.795. The van der Waals surface area contributed by atoms with Gasteiger partial charge in [0.1, 0.15) is 0 Å². The Balaban J connectivity index is 1.29. The molecule has 0 unspecified atom stereocenters. The lowest BCUT2D eigenvalue weighted by Crippen LogP contribution is -2.43. The van der Waals surface area contributed by atoms with Gasteiger partial charge in [-0.25, -0.2) is 15.0 Å². The van der Waals surface area contributed by atoms with E-state index in [1.807, 2.05) is 30.7 Å². The summed E-state index contributed by atoms with van der Waals surface area (Å²) in [5.41, 5.74) is 2.38. The van der Waals surface area contributed by atoms with E-state index in [2.05, 4.69) is 32.2 Å². The maximum absolute atomic E-state index is 4.94. The molecule has 2 aliphatic rings. The topological polar surface area (TPSA) is 45.2 Å². The predicted octanol–water partition coefficient (Wildman–Crippen LogP) is 4.00. The number of rotatable bonds is 5. The van der Waals surface area contributed by atoms with E-state index in [4.69, 9.17) is 4.98 Å². The molecule has 3 heterocycles. The molecule has 1 saturated heterocycles. The zero-order valence-corrected chi connectivity index (χ0v) is 16.7. The van der Waals surface area contributed by atoms with E-state index in [1.54, 1.807) is 0 Å². The van der Waals surface area contributed by atoms with E-state index >= 15 is 0 Å². The predicted molar refractivity (Wildman–Crippen MR) is 107 cm³/mol. The molecule has 1 saturated carbocycles. The second-order valence-corrected chi connectivity index (χ2v) is 8.73. The summed E-state index contributed by atoms with van der Waals surface area (Å²) < 4.78 is 0. The summed E-state index contributed by atoms with van der Waals surface area (Å²) in [5.74, 6) is 1.58. The maximum Gasteiger partial charge on any atom is 0.225 e. The molecule has 0 spiro atoms. The molecule has 0 bridgehead atoms. The van der Waals surface area contributed by atoms with Crippen LogP contribution in [0.4, 0.5) is 5.95 Å². The third kappa shape index (κ3) is 4.07. The fourth-order valence-electron chi connectivity index (χ4n) is 4.18. The molecule has 5 nitrogen and oxygen atoms in total. The highest BCUT2D eigenvalue weighted by molar-refractivity contribution is 7.09. The van der Waals surface area contributed by atoms with Crippen LogP contribution < -0.4 is 4.90 Å². The Labute approximate surface area is 160 Å². The number of aryl methyl sites for hydroxylation is 1. The smallest absolute Gasteiger partial charge is 0.225 e. The van der Waals surface area contributed by atoms with Gasteiger partial charge >= 0.3 is 0 Å². The summed E-state index contributed by atoms with van der Waals surface area (Å²) in [5, 5.41) is 3.66. The van der Waals surface area contributed by atoms with E-state index in [9.17, 15) is 0 Å². The number of anilines is 1. The highest BCUT2D eigenvalue weighted by Gasteiger charge is 2.25. The van der Waals surface area contributed by atoms with Crippen molar-refractivity contribution in [1.29, 1.82) is 0 Å². The minimum atomic E-state index is 0.526. The molecule has 1 aliphatic heterocycles. The van der Waals surface area contributed by atoms with Gasteiger partial charge in [-0.3, -0.25) is 4.90 Å². The van der Waals surface area contributed by atoms with E-state index in [0.29, 0.717) is 6.04 Å². The fourth-order valence-corrected chi connectivity index (χ4v) is 5.16.